The zero-order chi connectivity index (χ0) is 69.9. The van der Waals surface area contributed by atoms with Crippen LogP contribution in [0.5, 0.6) is 0 Å². The molecule has 1 unspecified atom stereocenters. The van der Waals surface area contributed by atoms with Gasteiger partial charge in [-0.2, -0.15) is 0 Å². The highest BCUT2D eigenvalue weighted by molar-refractivity contribution is 7.26. The Labute approximate surface area is 595 Å². The zero-order valence-electron chi connectivity index (χ0n) is 61.3. The molecule has 0 aliphatic heterocycles. The average Bonchev–Trinajstić information content (AvgIpc) is 1.50. The van der Waals surface area contributed by atoms with Crippen molar-refractivity contribution < 1.29 is 4.42 Å². The number of hydrogen-bond acceptors (Lipinski definition) is 4. The lowest BCUT2D eigenvalue weighted by atomic mass is 9.66. The maximum absolute atomic E-state index is 7.84. The molecule has 0 saturated carbocycles. The van der Waals surface area contributed by atoms with Crippen LogP contribution >= 0.6 is 11.3 Å². The summed E-state index contributed by atoms with van der Waals surface area (Å²) in [5.41, 5.74) is 26.2. The van der Waals surface area contributed by atoms with E-state index < -0.39 is 5.41 Å². The maximum Gasteiger partial charge on any atom is 0.145 e. The molecule has 15 aromatic rings. The molecule has 1 aliphatic rings. The minimum absolute atomic E-state index is 0.000131. The van der Waals surface area contributed by atoms with Crippen molar-refractivity contribution in [3.63, 3.8) is 0 Å². The quantitative estimate of drug-likeness (QED) is 0.144. The first-order valence-electron chi connectivity index (χ1n) is 35.8. The van der Waals surface area contributed by atoms with E-state index in [4.69, 9.17) is 4.42 Å². The van der Waals surface area contributed by atoms with E-state index in [0.29, 0.717) is 0 Å². The third-order valence-electron chi connectivity index (χ3n) is 21.5. The first kappa shape index (κ1) is 64.7. The molecule has 12 aromatic carbocycles. The Morgan fingerprint density at radius 1 is 0.350 bits per heavy atom. The number of benzene rings is 12. The second kappa shape index (κ2) is 23.1. The summed E-state index contributed by atoms with van der Waals surface area (Å²) in [6.45, 7) is 39.2. The summed E-state index contributed by atoms with van der Waals surface area (Å²) >= 11 is 1.91. The second-order valence-corrected chi connectivity index (χ2v) is 34.7. The smallest absolute Gasteiger partial charge is 0.145 e. The number of furan rings is 1. The molecule has 0 fully saturated rings. The van der Waals surface area contributed by atoms with Gasteiger partial charge in [-0.05, 0) is 211 Å². The van der Waals surface area contributed by atoms with Gasteiger partial charge in [0, 0.05) is 75.9 Å². The van der Waals surface area contributed by atoms with E-state index in [0.717, 1.165) is 72.8 Å². The summed E-state index contributed by atoms with van der Waals surface area (Å²) < 4.78 is 12.8. The molecule has 0 bridgehead atoms. The van der Waals surface area contributed by atoms with Crippen molar-refractivity contribution in [2.24, 2.45) is 0 Å². The first-order valence-corrected chi connectivity index (χ1v) is 36.6. The Kier molecular flexibility index (Phi) is 14.9. The van der Waals surface area contributed by atoms with Crippen molar-refractivity contribution in [1.82, 2.24) is 4.57 Å². The summed E-state index contributed by atoms with van der Waals surface area (Å²) in [6.07, 6.45) is 0. The van der Waals surface area contributed by atoms with Crippen LogP contribution in [-0.4, -0.2) is 4.57 Å². The van der Waals surface area contributed by atoms with Crippen molar-refractivity contribution in [1.29, 1.82) is 0 Å². The fourth-order valence-electron chi connectivity index (χ4n) is 16.1. The van der Waals surface area contributed by atoms with Gasteiger partial charge in [0.1, 0.15) is 11.2 Å². The molecular formula is C95H91N3OS. The third-order valence-corrected chi connectivity index (χ3v) is 22.7. The largest absolute Gasteiger partial charge is 0.455 e. The minimum Gasteiger partial charge on any atom is -0.455 e. The van der Waals surface area contributed by atoms with Crippen molar-refractivity contribution in [2.45, 2.75) is 150 Å². The van der Waals surface area contributed by atoms with Crippen LogP contribution in [0.25, 0.3) is 80.7 Å². The van der Waals surface area contributed by atoms with Crippen LogP contribution in [0.15, 0.2) is 247 Å². The summed E-state index contributed by atoms with van der Waals surface area (Å²) in [4.78, 5) is 5.09. The topological polar surface area (TPSA) is 24.6 Å². The van der Waals surface area contributed by atoms with Crippen LogP contribution in [0.1, 0.15) is 165 Å². The number of aryl methyl sites for hydroxylation is 2. The van der Waals surface area contributed by atoms with Gasteiger partial charge in [-0.25, -0.2) is 0 Å². The minimum atomic E-state index is -1.01. The summed E-state index contributed by atoms with van der Waals surface area (Å²) in [5, 5.41) is 7.01. The van der Waals surface area contributed by atoms with E-state index in [1.165, 1.54) is 103 Å². The monoisotopic (exact) mass is 1320 g/mol. The molecule has 3 aromatic heterocycles. The molecule has 1 aliphatic carbocycles. The van der Waals surface area contributed by atoms with Gasteiger partial charge < -0.3 is 18.8 Å². The zero-order valence-corrected chi connectivity index (χ0v) is 62.1. The molecule has 0 N–H and O–H groups in total. The van der Waals surface area contributed by atoms with Gasteiger partial charge in [-0.15, -0.1) is 11.3 Å². The molecule has 0 spiro atoms. The standard InChI is InChI=1S/C95H91N3OS/c1-58-24-22-26-70(52-58)96(67-44-36-61(37-45-67)91(6,7)8)80-56-76-86(88-84(80)72-28-18-20-30-82(72)99-88)87-77(57-81(85-73-29-19-21-31-83(73)100-89(85)87)97(71-27-23-25-59(2)53-71)68-46-38-62(39-47-68)92(9,10)11)95(76,64-34-32-60(33-35-64)90(3,4)5)66-43-51-79-75(55-66)74-54-65(94(15,16)17)42-50-78(74)98(79)69-48-40-63(41-49-69)93(12,13)14/h18-57H,1-17H3. The van der Waals surface area contributed by atoms with Crippen LogP contribution in [0.3, 0.4) is 0 Å². The van der Waals surface area contributed by atoms with E-state index >= 15 is 0 Å². The number of anilines is 6. The van der Waals surface area contributed by atoms with Crippen molar-refractivity contribution in [3.05, 3.63) is 304 Å². The summed E-state index contributed by atoms with van der Waals surface area (Å²) in [7, 11) is 0. The molecule has 3 heterocycles. The van der Waals surface area contributed by atoms with Crippen molar-refractivity contribution in [2.75, 3.05) is 9.80 Å². The molecule has 4 nitrogen and oxygen atoms in total. The Hall–Kier alpha value is -9.94. The van der Waals surface area contributed by atoms with E-state index in [1.54, 1.807) is 0 Å². The van der Waals surface area contributed by atoms with Crippen LogP contribution in [0.4, 0.5) is 34.1 Å². The molecule has 5 heteroatoms. The number of para-hydroxylation sites is 1. The van der Waals surface area contributed by atoms with Gasteiger partial charge in [0.05, 0.1) is 33.2 Å². The van der Waals surface area contributed by atoms with Gasteiger partial charge in [0.2, 0.25) is 0 Å². The van der Waals surface area contributed by atoms with Crippen molar-refractivity contribution in [3.8, 4) is 16.8 Å². The molecule has 16 rings (SSSR count). The fourth-order valence-corrected chi connectivity index (χ4v) is 17.4. The van der Waals surface area contributed by atoms with E-state index in [2.05, 4.69) is 375 Å². The van der Waals surface area contributed by atoms with Crippen LogP contribution in [0, 0.1) is 13.8 Å². The number of aromatic nitrogens is 1. The van der Waals surface area contributed by atoms with Crippen LogP contribution < -0.4 is 9.80 Å². The average molecular weight is 1320 g/mol. The van der Waals surface area contributed by atoms with Gasteiger partial charge in [-0.1, -0.05) is 237 Å². The SMILES string of the molecule is Cc1cccc(N(c2ccc(C(C)(C)C)cc2)c2cc3c(c4oc5ccccc5c24)-c2c(cc(N(c4ccc(C(C)(C)C)cc4)c4cccc(C)c4)c4c2sc2ccccc24)C3(c2ccc(C(C)(C)C)cc2)c2ccc3c(c2)c2cc(C(C)(C)C)ccc2n3-c2ccc(C(C)(C)C)cc2)c1. The Bertz CT molecular complexity index is 5510. The van der Waals surface area contributed by atoms with Gasteiger partial charge in [0.25, 0.3) is 0 Å². The van der Waals surface area contributed by atoms with Gasteiger partial charge in [0.15, 0.2) is 0 Å². The fraction of sp³-hybridized carbons (Fsp3) is 0.242. The molecular weight excluding hydrogens is 1230 g/mol. The maximum atomic E-state index is 7.84. The van der Waals surface area contributed by atoms with Crippen molar-refractivity contribution >= 4 is 109 Å². The molecule has 1 atom stereocenters. The third kappa shape index (κ3) is 10.5. The highest BCUT2D eigenvalue weighted by Gasteiger charge is 2.51. The van der Waals surface area contributed by atoms with E-state index in [1.807, 2.05) is 11.3 Å². The van der Waals surface area contributed by atoms with E-state index in [9.17, 15) is 0 Å². The summed E-state index contributed by atoms with van der Waals surface area (Å²) in [6, 6.07) is 93.9. The predicted octanol–water partition coefficient (Wildman–Crippen LogP) is 27.5. The number of rotatable bonds is 9. The number of nitrogens with zero attached hydrogens (tertiary/aromatic N) is 3. The lowest BCUT2D eigenvalue weighted by molar-refractivity contribution is 0.589. The lowest BCUT2D eigenvalue weighted by Gasteiger charge is -2.36. The number of hydrogen-bond donors (Lipinski definition) is 0. The molecule has 0 saturated heterocycles. The molecule has 0 radical (unpaired) electrons. The molecule has 100 heavy (non-hydrogen) atoms. The number of fused-ring (bicyclic) bond motifs is 14. The Morgan fingerprint density at radius 3 is 1.32 bits per heavy atom. The molecule has 0 amide bonds. The molecule has 498 valence electrons. The first-order chi connectivity index (χ1) is 47.5. The van der Waals surface area contributed by atoms with Gasteiger partial charge in [-0.3, -0.25) is 0 Å². The van der Waals surface area contributed by atoms with Crippen LogP contribution in [0.2, 0.25) is 0 Å². The highest BCUT2D eigenvalue weighted by Crippen LogP contribution is 2.66. The van der Waals surface area contributed by atoms with E-state index in [-0.39, 0.29) is 27.1 Å². The highest BCUT2D eigenvalue weighted by atomic mass is 32.1. The number of thiophene rings is 1. The Balaban J connectivity index is 1.13. The van der Waals surface area contributed by atoms with Crippen LogP contribution in [-0.2, 0) is 32.5 Å². The normalized spacial score (nSPS) is 14.5. The van der Waals surface area contributed by atoms with Gasteiger partial charge >= 0.3 is 0 Å². The summed E-state index contributed by atoms with van der Waals surface area (Å²) in [5.74, 6) is 0. The lowest BCUT2D eigenvalue weighted by Crippen LogP contribution is -2.29. The Morgan fingerprint density at radius 2 is 0.790 bits per heavy atom. The second-order valence-electron chi connectivity index (χ2n) is 33.6. The predicted molar refractivity (Wildman–Crippen MR) is 431 cm³/mol.